The molecule has 1 aliphatic carbocycles. The number of likely N-dealkylation sites (N-methyl/N-ethyl adjacent to an activating group) is 1. The van der Waals surface area contributed by atoms with Crippen LogP contribution in [0.1, 0.15) is 24.8 Å². The van der Waals surface area contributed by atoms with Gasteiger partial charge in [0, 0.05) is 41.9 Å². The van der Waals surface area contributed by atoms with Crippen molar-refractivity contribution >= 4 is 34.8 Å². The highest BCUT2D eigenvalue weighted by atomic mass is 35.5. The van der Waals surface area contributed by atoms with Crippen LogP contribution in [-0.4, -0.2) is 56.1 Å². The number of ether oxygens (including phenoxy) is 1. The van der Waals surface area contributed by atoms with Crippen molar-refractivity contribution in [2.75, 3.05) is 49.6 Å². The maximum atomic E-state index is 12.9. The third-order valence-corrected chi connectivity index (χ3v) is 6.21. The lowest BCUT2D eigenvalue weighted by atomic mass is 10.1. The molecule has 1 N–H and O–H groups in total. The van der Waals surface area contributed by atoms with Crippen LogP contribution in [0.5, 0.6) is 0 Å². The topological polar surface area (TPSA) is 61.9 Å². The summed E-state index contributed by atoms with van der Waals surface area (Å²) in [6.07, 6.45) is 0.821. The minimum atomic E-state index is -0.182. The fourth-order valence-electron chi connectivity index (χ4n) is 4.08. The molecule has 164 valence electrons. The molecule has 2 aromatic rings. The molecule has 2 fully saturated rings. The van der Waals surface area contributed by atoms with Crippen molar-refractivity contribution in [3.8, 4) is 0 Å². The van der Waals surface area contributed by atoms with Crippen molar-refractivity contribution < 1.29 is 14.3 Å². The highest BCUT2D eigenvalue weighted by Gasteiger charge is 2.45. The molecule has 0 spiro atoms. The lowest BCUT2D eigenvalue weighted by Crippen LogP contribution is -2.39. The Morgan fingerprint density at radius 1 is 1.10 bits per heavy atom. The Labute approximate surface area is 188 Å². The second-order valence-electron chi connectivity index (χ2n) is 8.05. The molecule has 2 aliphatic rings. The minimum Gasteiger partial charge on any atom is -0.378 e. The second kappa shape index (κ2) is 9.71. The predicted octanol–water partition coefficient (Wildman–Crippen LogP) is 3.77. The summed E-state index contributed by atoms with van der Waals surface area (Å²) in [5, 5.41) is 3.60. The largest absolute Gasteiger partial charge is 0.378 e. The number of morpholine rings is 1. The van der Waals surface area contributed by atoms with E-state index in [1.165, 1.54) is 0 Å². The van der Waals surface area contributed by atoms with E-state index in [1.54, 1.807) is 4.90 Å². The summed E-state index contributed by atoms with van der Waals surface area (Å²) in [6.45, 7) is 5.69. The lowest BCUT2D eigenvalue weighted by molar-refractivity contribution is -0.135. The van der Waals surface area contributed by atoms with Gasteiger partial charge in [-0.15, -0.1) is 0 Å². The molecule has 2 atom stereocenters. The molecule has 31 heavy (non-hydrogen) atoms. The van der Waals surface area contributed by atoms with Crippen LogP contribution in [0, 0.1) is 5.92 Å². The highest BCUT2D eigenvalue weighted by Crippen LogP contribution is 2.48. The number of benzene rings is 2. The molecule has 2 amide bonds. The van der Waals surface area contributed by atoms with Crippen molar-refractivity contribution in [3.05, 3.63) is 59.1 Å². The summed E-state index contributed by atoms with van der Waals surface area (Å²) >= 11 is 5.95. The van der Waals surface area contributed by atoms with Crippen LogP contribution in [0.4, 0.5) is 11.4 Å². The van der Waals surface area contributed by atoms with Crippen LogP contribution in [0.15, 0.2) is 48.5 Å². The van der Waals surface area contributed by atoms with Crippen molar-refractivity contribution in [2.45, 2.75) is 19.3 Å². The van der Waals surface area contributed by atoms with Crippen molar-refractivity contribution in [1.82, 2.24) is 4.90 Å². The SMILES string of the molecule is CCN(CC(=O)Nc1ccc(N2CCOCC2)cc1)C(=O)C1CC1c1ccc(Cl)cc1. The molecule has 6 nitrogen and oxygen atoms in total. The maximum absolute atomic E-state index is 12.9. The molecule has 7 heteroatoms. The summed E-state index contributed by atoms with van der Waals surface area (Å²) < 4.78 is 5.39. The van der Waals surface area contributed by atoms with E-state index in [1.807, 2.05) is 55.5 Å². The summed E-state index contributed by atoms with van der Waals surface area (Å²) in [4.78, 5) is 29.4. The zero-order valence-electron chi connectivity index (χ0n) is 17.7. The van der Waals surface area contributed by atoms with Gasteiger partial charge in [0.15, 0.2) is 0 Å². The Balaban J connectivity index is 1.29. The number of carbonyl (C=O) groups excluding carboxylic acids is 2. The standard InChI is InChI=1S/C24H28ClN3O3/c1-2-27(24(30)22-15-21(22)17-3-5-18(25)6-4-17)16-23(29)26-19-7-9-20(10-8-19)28-11-13-31-14-12-28/h3-10,21-22H,2,11-16H2,1H3,(H,26,29). The van der Waals surface area contributed by atoms with E-state index in [4.69, 9.17) is 16.3 Å². The summed E-state index contributed by atoms with van der Waals surface area (Å²) in [7, 11) is 0. The fourth-order valence-corrected chi connectivity index (χ4v) is 4.20. The van der Waals surface area contributed by atoms with Gasteiger partial charge in [0.1, 0.15) is 0 Å². The molecular formula is C24H28ClN3O3. The number of anilines is 2. The van der Waals surface area contributed by atoms with Gasteiger partial charge in [-0.05, 0) is 61.2 Å². The van der Waals surface area contributed by atoms with E-state index in [2.05, 4.69) is 10.2 Å². The smallest absolute Gasteiger partial charge is 0.243 e. The average molecular weight is 442 g/mol. The molecule has 2 unspecified atom stereocenters. The van der Waals surface area contributed by atoms with Gasteiger partial charge in [0.05, 0.1) is 19.8 Å². The molecule has 1 aliphatic heterocycles. The van der Waals surface area contributed by atoms with Crippen molar-refractivity contribution in [2.24, 2.45) is 5.92 Å². The number of hydrogen-bond donors (Lipinski definition) is 1. The minimum absolute atomic E-state index is 0.0419. The summed E-state index contributed by atoms with van der Waals surface area (Å²) in [6, 6.07) is 15.5. The van der Waals surface area contributed by atoms with Gasteiger partial charge in [-0.25, -0.2) is 0 Å². The fraction of sp³-hybridized carbons (Fsp3) is 0.417. The maximum Gasteiger partial charge on any atom is 0.243 e. The quantitative estimate of drug-likeness (QED) is 0.710. The molecule has 0 radical (unpaired) electrons. The number of halogens is 1. The van der Waals surface area contributed by atoms with Crippen molar-refractivity contribution in [3.63, 3.8) is 0 Å². The van der Waals surface area contributed by atoms with E-state index >= 15 is 0 Å². The third-order valence-electron chi connectivity index (χ3n) is 5.96. The Kier molecular flexibility index (Phi) is 6.78. The van der Waals surface area contributed by atoms with Gasteiger partial charge < -0.3 is 19.9 Å². The molecule has 1 saturated carbocycles. The van der Waals surface area contributed by atoms with Crippen LogP contribution in [-0.2, 0) is 14.3 Å². The average Bonchev–Trinajstić information content (AvgIpc) is 3.59. The highest BCUT2D eigenvalue weighted by molar-refractivity contribution is 6.30. The third kappa shape index (κ3) is 5.38. The van der Waals surface area contributed by atoms with E-state index in [-0.39, 0.29) is 30.2 Å². The summed E-state index contributed by atoms with van der Waals surface area (Å²) in [5.41, 5.74) is 2.98. The molecule has 4 rings (SSSR count). The number of amides is 2. The first-order chi connectivity index (χ1) is 15.0. The van der Waals surface area contributed by atoms with Crippen LogP contribution < -0.4 is 10.2 Å². The monoisotopic (exact) mass is 441 g/mol. The number of rotatable bonds is 7. The van der Waals surface area contributed by atoms with Crippen LogP contribution >= 0.6 is 11.6 Å². The number of carbonyl (C=O) groups is 2. The zero-order chi connectivity index (χ0) is 21.8. The van der Waals surface area contributed by atoms with Crippen LogP contribution in [0.25, 0.3) is 0 Å². The Morgan fingerprint density at radius 2 is 1.77 bits per heavy atom. The number of nitrogens with one attached hydrogen (secondary N) is 1. The molecule has 1 saturated heterocycles. The number of nitrogens with zero attached hydrogens (tertiary/aromatic N) is 2. The van der Waals surface area contributed by atoms with E-state index in [0.29, 0.717) is 11.6 Å². The summed E-state index contributed by atoms with van der Waals surface area (Å²) in [5.74, 6) is 0.0228. The van der Waals surface area contributed by atoms with Crippen molar-refractivity contribution in [1.29, 1.82) is 0 Å². The van der Waals surface area contributed by atoms with Gasteiger partial charge in [0.2, 0.25) is 11.8 Å². The predicted molar refractivity (Wildman–Crippen MR) is 123 cm³/mol. The molecule has 0 aromatic heterocycles. The van der Waals surface area contributed by atoms with Gasteiger partial charge in [-0.1, -0.05) is 23.7 Å². The van der Waals surface area contributed by atoms with Gasteiger partial charge in [-0.2, -0.15) is 0 Å². The van der Waals surface area contributed by atoms with Gasteiger partial charge >= 0.3 is 0 Å². The second-order valence-corrected chi connectivity index (χ2v) is 8.48. The Bertz CT molecular complexity index is 911. The molecule has 0 bridgehead atoms. The first-order valence-corrected chi connectivity index (χ1v) is 11.2. The van der Waals surface area contributed by atoms with E-state index < -0.39 is 0 Å². The number of hydrogen-bond acceptors (Lipinski definition) is 4. The molecule has 2 aromatic carbocycles. The van der Waals surface area contributed by atoms with Crippen LogP contribution in [0.3, 0.4) is 0 Å². The Morgan fingerprint density at radius 3 is 2.42 bits per heavy atom. The van der Waals surface area contributed by atoms with Gasteiger partial charge in [-0.3, -0.25) is 9.59 Å². The molecule has 1 heterocycles. The van der Waals surface area contributed by atoms with E-state index in [0.717, 1.165) is 49.7 Å². The first kappa shape index (κ1) is 21.7. The van der Waals surface area contributed by atoms with Gasteiger partial charge in [0.25, 0.3) is 0 Å². The lowest BCUT2D eigenvalue weighted by Gasteiger charge is -2.29. The normalized spacial score (nSPS) is 20.3. The molecular weight excluding hydrogens is 414 g/mol. The first-order valence-electron chi connectivity index (χ1n) is 10.8. The Hall–Kier alpha value is -2.57. The van der Waals surface area contributed by atoms with E-state index in [9.17, 15) is 9.59 Å². The zero-order valence-corrected chi connectivity index (χ0v) is 18.5. The van der Waals surface area contributed by atoms with Crippen LogP contribution in [0.2, 0.25) is 5.02 Å².